The third-order valence-electron chi connectivity index (χ3n) is 7.42. The van der Waals surface area contributed by atoms with Crippen LogP contribution in [-0.4, -0.2) is 41.1 Å². The molecule has 0 bridgehead atoms. The van der Waals surface area contributed by atoms with Crippen molar-refractivity contribution in [3.05, 3.63) is 70.8 Å². The fraction of sp³-hybridized carbons (Fsp3) is 0.480. The van der Waals surface area contributed by atoms with Gasteiger partial charge in [-0.3, -0.25) is 4.79 Å². The minimum atomic E-state index is -0.608. The monoisotopic (exact) mass is 392 g/mol. The van der Waals surface area contributed by atoms with Gasteiger partial charge in [-0.1, -0.05) is 50.2 Å². The Morgan fingerprint density at radius 3 is 2.48 bits per heavy atom. The maximum absolute atomic E-state index is 11.6. The molecule has 2 aromatic rings. The van der Waals surface area contributed by atoms with Gasteiger partial charge in [0.1, 0.15) is 0 Å². The molecule has 4 rings (SSSR count). The Kier molecular flexibility index (Phi) is 5.26. The van der Waals surface area contributed by atoms with Crippen LogP contribution in [0.2, 0.25) is 0 Å². The number of amides is 1. The lowest BCUT2D eigenvalue weighted by Gasteiger charge is -2.45. The Bertz CT molecular complexity index is 884. The van der Waals surface area contributed by atoms with E-state index >= 15 is 0 Å². The average Bonchev–Trinajstić information content (AvgIpc) is 3.05. The van der Waals surface area contributed by atoms with Crippen LogP contribution in [0, 0.1) is 5.92 Å². The molecule has 2 aromatic carbocycles. The maximum atomic E-state index is 11.6. The average molecular weight is 393 g/mol. The molecule has 0 aromatic heterocycles. The predicted molar refractivity (Wildman–Crippen MR) is 116 cm³/mol. The first kappa shape index (κ1) is 20.1. The van der Waals surface area contributed by atoms with Crippen LogP contribution in [0.4, 0.5) is 0 Å². The third-order valence-corrected chi connectivity index (χ3v) is 7.42. The first-order chi connectivity index (χ1) is 13.8. The van der Waals surface area contributed by atoms with Gasteiger partial charge in [0.05, 0.1) is 5.60 Å². The zero-order valence-corrected chi connectivity index (χ0v) is 17.5. The van der Waals surface area contributed by atoms with Crippen LogP contribution in [0.15, 0.2) is 48.5 Å². The third kappa shape index (κ3) is 3.96. The highest BCUT2D eigenvalue weighted by Gasteiger charge is 2.40. The lowest BCUT2D eigenvalue weighted by atomic mass is 9.67. The van der Waals surface area contributed by atoms with E-state index in [-0.39, 0.29) is 11.3 Å². The molecule has 1 aliphatic carbocycles. The van der Waals surface area contributed by atoms with Gasteiger partial charge in [-0.2, -0.15) is 0 Å². The number of piperidine rings is 1. The summed E-state index contributed by atoms with van der Waals surface area (Å²) < 4.78 is 0. The summed E-state index contributed by atoms with van der Waals surface area (Å²) in [5.41, 5.74) is 9.28. The van der Waals surface area contributed by atoms with Gasteiger partial charge in [0.2, 0.25) is 5.91 Å². The molecular weight excluding hydrogens is 360 g/mol. The van der Waals surface area contributed by atoms with E-state index in [9.17, 15) is 9.90 Å². The molecule has 0 spiro atoms. The summed E-state index contributed by atoms with van der Waals surface area (Å²) in [6, 6.07) is 16.2. The second-order valence-corrected chi connectivity index (χ2v) is 9.41. The summed E-state index contributed by atoms with van der Waals surface area (Å²) in [5.74, 6) is 0.0844. The second kappa shape index (κ2) is 7.58. The number of carbonyl (C=O) groups is 1. The number of aliphatic hydroxyl groups is 1. The molecule has 1 heterocycles. The van der Waals surface area contributed by atoms with E-state index in [2.05, 4.69) is 49.1 Å². The highest BCUT2D eigenvalue weighted by molar-refractivity contribution is 5.92. The van der Waals surface area contributed by atoms with Crippen LogP contribution in [-0.2, 0) is 18.3 Å². The van der Waals surface area contributed by atoms with Gasteiger partial charge < -0.3 is 15.7 Å². The van der Waals surface area contributed by atoms with Crippen LogP contribution in [0.25, 0.3) is 0 Å². The van der Waals surface area contributed by atoms with Gasteiger partial charge in [-0.05, 0) is 59.5 Å². The van der Waals surface area contributed by atoms with E-state index in [1.54, 1.807) is 6.07 Å². The maximum Gasteiger partial charge on any atom is 0.248 e. The minimum absolute atomic E-state index is 0.0302. The number of carbonyl (C=O) groups excluding carboxylic acids is 1. The van der Waals surface area contributed by atoms with Crippen LogP contribution >= 0.6 is 0 Å². The van der Waals surface area contributed by atoms with Crippen LogP contribution in [0.3, 0.4) is 0 Å². The zero-order chi connectivity index (χ0) is 20.6. The standard InChI is InChI=1S/C25H32N2O2/c1-18-17-27(13-11-25(29)15-20-6-3-4-7-21(20)16-25)12-10-24(18,2)22-9-5-8-19(14-22)23(26)28/h3-9,14,18,29H,10-13,15-17H2,1-2H3,(H2,26,28)/t18-,24+/m0/s1. The number of benzene rings is 2. The Morgan fingerprint density at radius 2 is 1.86 bits per heavy atom. The summed E-state index contributed by atoms with van der Waals surface area (Å²) >= 11 is 0. The predicted octanol–water partition coefficient (Wildman–Crippen LogP) is 3.31. The van der Waals surface area contributed by atoms with E-state index in [1.807, 2.05) is 12.1 Å². The number of primary amides is 1. The van der Waals surface area contributed by atoms with Gasteiger partial charge in [-0.25, -0.2) is 0 Å². The van der Waals surface area contributed by atoms with Crippen molar-refractivity contribution in [3.63, 3.8) is 0 Å². The van der Waals surface area contributed by atoms with Crippen molar-refractivity contribution in [3.8, 4) is 0 Å². The van der Waals surface area contributed by atoms with Crippen LogP contribution in [0.1, 0.15) is 53.7 Å². The molecule has 1 fully saturated rings. The van der Waals surface area contributed by atoms with E-state index in [0.29, 0.717) is 11.5 Å². The fourth-order valence-corrected chi connectivity index (χ4v) is 5.19. The van der Waals surface area contributed by atoms with Gasteiger partial charge in [0.15, 0.2) is 0 Å². The highest BCUT2D eigenvalue weighted by Crippen LogP contribution is 2.40. The van der Waals surface area contributed by atoms with Crippen molar-refractivity contribution in [1.29, 1.82) is 0 Å². The Morgan fingerprint density at radius 1 is 1.17 bits per heavy atom. The Labute approximate surface area is 173 Å². The molecule has 2 aliphatic rings. The summed E-state index contributed by atoms with van der Waals surface area (Å²) in [6.07, 6.45) is 3.38. The van der Waals surface area contributed by atoms with Gasteiger partial charge in [0, 0.05) is 31.5 Å². The summed E-state index contributed by atoms with van der Waals surface area (Å²) in [4.78, 5) is 14.1. The SMILES string of the molecule is C[C@H]1CN(CCC2(O)Cc3ccccc3C2)CC[C@@]1(C)c1cccc(C(N)=O)c1. The first-order valence-corrected chi connectivity index (χ1v) is 10.7. The van der Waals surface area contributed by atoms with Crippen LogP contribution in [0.5, 0.6) is 0 Å². The molecule has 0 saturated carbocycles. The lowest BCUT2D eigenvalue weighted by Crippen LogP contribution is -2.48. The molecule has 29 heavy (non-hydrogen) atoms. The van der Waals surface area contributed by atoms with E-state index in [1.165, 1.54) is 16.7 Å². The molecule has 3 N–H and O–H groups in total. The summed E-state index contributed by atoms with van der Waals surface area (Å²) in [5, 5.41) is 11.1. The fourth-order valence-electron chi connectivity index (χ4n) is 5.19. The number of nitrogens with zero attached hydrogens (tertiary/aromatic N) is 1. The number of nitrogens with two attached hydrogens (primary N) is 1. The van der Waals surface area contributed by atoms with Crippen molar-refractivity contribution in [2.45, 2.75) is 50.5 Å². The van der Waals surface area contributed by atoms with Gasteiger partial charge >= 0.3 is 0 Å². The Hall–Kier alpha value is -2.17. The van der Waals surface area contributed by atoms with Crippen molar-refractivity contribution in [1.82, 2.24) is 4.90 Å². The van der Waals surface area contributed by atoms with Crippen molar-refractivity contribution in [2.24, 2.45) is 11.7 Å². The number of fused-ring (bicyclic) bond motifs is 1. The second-order valence-electron chi connectivity index (χ2n) is 9.41. The number of hydrogen-bond acceptors (Lipinski definition) is 3. The van der Waals surface area contributed by atoms with Crippen LogP contribution < -0.4 is 5.73 Å². The Balaban J connectivity index is 1.38. The quantitative estimate of drug-likeness (QED) is 0.820. The number of rotatable bonds is 5. The highest BCUT2D eigenvalue weighted by atomic mass is 16.3. The smallest absolute Gasteiger partial charge is 0.248 e. The molecule has 4 nitrogen and oxygen atoms in total. The lowest BCUT2D eigenvalue weighted by molar-refractivity contribution is 0.0206. The summed E-state index contributed by atoms with van der Waals surface area (Å²) in [6.45, 7) is 7.52. The van der Waals surface area contributed by atoms with E-state index < -0.39 is 5.60 Å². The topological polar surface area (TPSA) is 66.6 Å². The minimum Gasteiger partial charge on any atom is -0.389 e. The van der Waals surface area contributed by atoms with Gasteiger partial charge in [-0.15, -0.1) is 0 Å². The van der Waals surface area contributed by atoms with E-state index in [0.717, 1.165) is 45.3 Å². The molecule has 0 radical (unpaired) electrons. The number of hydrogen-bond donors (Lipinski definition) is 2. The van der Waals surface area contributed by atoms with E-state index in [4.69, 9.17) is 5.73 Å². The normalized spacial score (nSPS) is 26.2. The van der Waals surface area contributed by atoms with Gasteiger partial charge in [0.25, 0.3) is 0 Å². The van der Waals surface area contributed by atoms with Crippen molar-refractivity contribution in [2.75, 3.05) is 19.6 Å². The molecule has 1 amide bonds. The first-order valence-electron chi connectivity index (χ1n) is 10.7. The molecule has 1 saturated heterocycles. The molecular formula is C25H32N2O2. The summed E-state index contributed by atoms with van der Waals surface area (Å²) in [7, 11) is 0. The molecule has 2 atom stereocenters. The largest absolute Gasteiger partial charge is 0.389 e. The molecule has 4 heteroatoms. The molecule has 154 valence electrons. The number of likely N-dealkylation sites (tertiary alicyclic amines) is 1. The zero-order valence-electron chi connectivity index (χ0n) is 17.5. The van der Waals surface area contributed by atoms with Crippen molar-refractivity contribution >= 4 is 5.91 Å². The molecule has 1 aliphatic heterocycles. The van der Waals surface area contributed by atoms with Crippen molar-refractivity contribution < 1.29 is 9.90 Å². The molecule has 0 unspecified atom stereocenters.